The Bertz CT molecular complexity index is 753. The van der Waals surface area contributed by atoms with E-state index >= 15 is 0 Å². The van der Waals surface area contributed by atoms with E-state index in [1.165, 1.54) is 12.4 Å². The number of likely N-dealkylation sites (tertiary alicyclic amines) is 1. The average molecular weight is 341 g/mol. The van der Waals surface area contributed by atoms with Crippen molar-refractivity contribution < 1.29 is 9.59 Å². The second kappa shape index (κ2) is 7.46. The third-order valence-corrected chi connectivity index (χ3v) is 4.56. The highest BCUT2D eigenvalue weighted by atomic mass is 16.2. The van der Waals surface area contributed by atoms with E-state index in [9.17, 15) is 9.59 Å². The molecule has 2 amide bonds. The van der Waals surface area contributed by atoms with Gasteiger partial charge in [0.05, 0.1) is 24.1 Å². The van der Waals surface area contributed by atoms with E-state index in [2.05, 4.69) is 15.3 Å². The van der Waals surface area contributed by atoms with E-state index in [-0.39, 0.29) is 6.04 Å². The summed E-state index contributed by atoms with van der Waals surface area (Å²) in [5.74, 6) is -0.455. The number of piperidine rings is 1. The summed E-state index contributed by atoms with van der Waals surface area (Å²) in [5, 5.41) is 2.61. The van der Waals surface area contributed by atoms with E-state index in [0.29, 0.717) is 18.1 Å². The summed E-state index contributed by atoms with van der Waals surface area (Å²) in [5.41, 5.74) is 1.49. The van der Waals surface area contributed by atoms with Crippen molar-refractivity contribution in [1.82, 2.24) is 19.4 Å². The van der Waals surface area contributed by atoms with E-state index < -0.39 is 11.8 Å². The Balaban J connectivity index is 1.73. The van der Waals surface area contributed by atoms with Crippen molar-refractivity contribution in [3.05, 3.63) is 42.2 Å². The maximum Gasteiger partial charge on any atom is 0.314 e. The van der Waals surface area contributed by atoms with Crippen LogP contribution in [0.1, 0.15) is 43.7 Å². The lowest BCUT2D eigenvalue weighted by Gasteiger charge is -2.35. The molecule has 1 N–H and O–H groups in total. The maximum absolute atomic E-state index is 12.7. The molecule has 2 aromatic heterocycles. The first kappa shape index (κ1) is 17.1. The van der Waals surface area contributed by atoms with Gasteiger partial charge in [0.15, 0.2) is 0 Å². The zero-order valence-corrected chi connectivity index (χ0v) is 14.6. The number of carbonyl (C=O) groups is 2. The van der Waals surface area contributed by atoms with Crippen LogP contribution in [0.25, 0.3) is 0 Å². The summed E-state index contributed by atoms with van der Waals surface area (Å²) in [6.45, 7) is 2.55. The molecule has 7 heteroatoms. The van der Waals surface area contributed by atoms with Gasteiger partial charge in [-0.15, -0.1) is 0 Å². The number of rotatable bonds is 3. The normalized spacial score (nSPS) is 17.4. The largest absolute Gasteiger partial charge is 0.353 e. The maximum atomic E-state index is 12.7. The van der Waals surface area contributed by atoms with Crippen molar-refractivity contribution in [2.24, 2.45) is 7.05 Å². The van der Waals surface area contributed by atoms with Crippen LogP contribution in [0.15, 0.2) is 30.7 Å². The second-order valence-corrected chi connectivity index (χ2v) is 6.25. The van der Waals surface area contributed by atoms with Crippen molar-refractivity contribution in [2.45, 2.75) is 38.6 Å². The number of nitrogens with one attached hydrogen (secondary N) is 1. The fraction of sp³-hybridized carbons (Fsp3) is 0.444. The monoisotopic (exact) mass is 341 g/mol. The summed E-state index contributed by atoms with van der Waals surface area (Å²) in [6.07, 6.45) is 8.56. The highest BCUT2D eigenvalue weighted by Crippen LogP contribution is 2.31. The zero-order chi connectivity index (χ0) is 17.8. The van der Waals surface area contributed by atoms with E-state index in [1.807, 2.05) is 36.9 Å². The van der Waals surface area contributed by atoms with Gasteiger partial charge in [-0.2, -0.15) is 0 Å². The van der Waals surface area contributed by atoms with Gasteiger partial charge in [-0.25, -0.2) is 9.97 Å². The van der Waals surface area contributed by atoms with Crippen LogP contribution in [0, 0.1) is 0 Å². The highest BCUT2D eigenvalue weighted by Gasteiger charge is 2.32. The van der Waals surface area contributed by atoms with Crippen LogP contribution in [0.4, 0.5) is 5.69 Å². The molecule has 0 unspecified atom stereocenters. The first-order valence-electron chi connectivity index (χ1n) is 8.64. The minimum absolute atomic E-state index is 0.0642. The van der Waals surface area contributed by atoms with Gasteiger partial charge in [0.25, 0.3) is 0 Å². The molecule has 0 aromatic carbocycles. The SMILES string of the molecule is CCc1ncc(NC(=O)C(=O)N2CCCC[C@@H]2c2cccn2C)cn1. The highest BCUT2D eigenvalue weighted by molar-refractivity contribution is 6.39. The van der Waals surface area contributed by atoms with E-state index in [0.717, 1.165) is 31.4 Å². The summed E-state index contributed by atoms with van der Waals surface area (Å²) in [4.78, 5) is 35.1. The van der Waals surface area contributed by atoms with Crippen LogP contribution in [0.2, 0.25) is 0 Å². The molecule has 1 aliphatic heterocycles. The van der Waals surface area contributed by atoms with E-state index in [4.69, 9.17) is 0 Å². The first-order valence-corrected chi connectivity index (χ1v) is 8.64. The molecule has 1 aliphatic rings. The molecule has 0 spiro atoms. The number of hydrogen-bond donors (Lipinski definition) is 1. The second-order valence-electron chi connectivity index (χ2n) is 6.25. The van der Waals surface area contributed by atoms with Crippen molar-refractivity contribution in [3.8, 4) is 0 Å². The molecule has 25 heavy (non-hydrogen) atoms. The number of nitrogens with zero attached hydrogens (tertiary/aromatic N) is 4. The van der Waals surface area contributed by atoms with Gasteiger partial charge in [-0.3, -0.25) is 9.59 Å². The Morgan fingerprint density at radius 3 is 2.68 bits per heavy atom. The third kappa shape index (κ3) is 3.70. The first-order chi connectivity index (χ1) is 12.1. The van der Waals surface area contributed by atoms with Gasteiger partial charge >= 0.3 is 11.8 Å². The Morgan fingerprint density at radius 1 is 1.28 bits per heavy atom. The number of aryl methyl sites for hydroxylation is 2. The van der Waals surface area contributed by atoms with Crippen molar-refractivity contribution in [2.75, 3.05) is 11.9 Å². The fourth-order valence-corrected chi connectivity index (χ4v) is 3.22. The van der Waals surface area contributed by atoms with Crippen LogP contribution >= 0.6 is 0 Å². The molecule has 0 aliphatic carbocycles. The van der Waals surface area contributed by atoms with Crippen LogP contribution < -0.4 is 5.32 Å². The van der Waals surface area contributed by atoms with Crippen LogP contribution in [0.3, 0.4) is 0 Å². The van der Waals surface area contributed by atoms with E-state index in [1.54, 1.807) is 4.90 Å². The standard InChI is InChI=1S/C18H23N5O2/c1-3-16-19-11-13(12-20-16)21-17(24)18(25)23-10-5-4-7-15(23)14-8-6-9-22(14)2/h6,8-9,11-12,15H,3-5,7,10H2,1-2H3,(H,21,24)/t15-/m1/s1. The van der Waals surface area contributed by atoms with Crippen LogP contribution in [-0.4, -0.2) is 37.8 Å². The Hall–Kier alpha value is -2.70. The quantitative estimate of drug-likeness (QED) is 0.867. The molecule has 0 saturated carbocycles. The average Bonchev–Trinajstić information content (AvgIpc) is 3.07. The Morgan fingerprint density at radius 2 is 2.04 bits per heavy atom. The van der Waals surface area contributed by atoms with Crippen molar-refractivity contribution >= 4 is 17.5 Å². The summed E-state index contributed by atoms with van der Waals surface area (Å²) >= 11 is 0. The zero-order valence-electron chi connectivity index (χ0n) is 14.6. The van der Waals surface area contributed by atoms with Gasteiger partial charge in [-0.05, 0) is 31.4 Å². The molecule has 3 heterocycles. The molecule has 0 radical (unpaired) electrons. The Kier molecular flexibility index (Phi) is 5.11. The summed E-state index contributed by atoms with van der Waals surface area (Å²) in [6, 6.07) is 3.90. The molecule has 7 nitrogen and oxygen atoms in total. The molecular formula is C18H23N5O2. The van der Waals surface area contributed by atoms with Crippen LogP contribution in [0.5, 0.6) is 0 Å². The number of amides is 2. The number of hydrogen-bond acceptors (Lipinski definition) is 4. The lowest BCUT2D eigenvalue weighted by Crippen LogP contribution is -2.44. The van der Waals surface area contributed by atoms with Crippen LogP contribution in [-0.2, 0) is 23.1 Å². The van der Waals surface area contributed by atoms with Gasteiger partial charge in [0.1, 0.15) is 5.82 Å². The topological polar surface area (TPSA) is 80.1 Å². The predicted molar refractivity (Wildman–Crippen MR) is 93.8 cm³/mol. The number of anilines is 1. The molecule has 1 fully saturated rings. The number of carbonyl (C=O) groups excluding carboxylic acids is 2. The molecular weight excluding hydrogens is 318 g/mol. The lowest BCUT2D eigenvalue weighted by atomic mass is 9.99. The molecule has 2 aromatic rings. The molecule has 132 valence electrons. The minimum atomic E-state index is -0.644. The van der Waals surface area contributed by atoms with Gasteiger partial charge in [-0.1, -0.05) is 6.92 Å². The lowest BCUT2D eigenvalue weighted by molar-refractivity contribution is -0.146. The van der Waals surface area contributed by atoms with Gasteiger partial charge in [0.2, 0.25) is 0 Å². The van der Waals surface area contributed by atoms with Gasteiger partial charge < -0.3 is 14.8 Å². The van der Waals surface area contributed by atoms with Gasteiger partial charge in [0, 0.05) is 31.9 Å². The number of aromatic nitrogens is 3. The van der Waals surface area contributed by atoms with Crippen molar-refractivity contribution in [3.63, 3.8) is 0 Å². The molecule has 0 bridgehead atoms. The predicted octanol–water partition coefficient (Wildman–Crippen LogP) is 2.07. The molecule has 1 saturated heterocycles. The summed E-state index contributed by atoms with van der Waals surface area (Å²) in [7, 11) is 1.96. The molecule has 1 atom stereocenters. The minimum Gasteiger partial charge on any atom is -0.353 e. The van der Waals surface area contributed by atoms with Crippen molar-refractivity contribution in [1.29, 1.82) is 0 Å². The summed E-state index contributed by atoms with van der Waals surface area (Å²) < 4.78 is 2.01. The Labute approximate surface area is 147 Å². The smallest absolute Gasteiger partial charge is 0.314 e. The fourth-order valence-electron chi connectivity index (χ4n) is 3.22. The molecule has 3 rings (SSSR count). The third-order valence-electron chi connectivity index (χ3n) is 4.56.